The van der Waals surface area contributed by atoms with Gasteiger partial charge in [0.15, 0.2) is 0 Å². The number of amides is 1. The second-order valence-corrected chi connectivity index (χ2v) is 4.16. The fourth-order valence-electron chi connectivity index (χ4n) is 1.57. The van der Waals surface area contributed by atoms with Crippen LogP contribution >= 0.6 is 11.6 Å². The van der Waals surface area contributed by atoms with Gasteiger partial charge in [-0.15, -0.1) is 0 Å². The maximum atomic E-state index is 12.0. The molecule has 2 aromatic heterocycles. The molecule has 0 aromatic carbocycles. The molecule has 0 saturated heterocycles. The number of carbonyl (C=O) groups excluding carboxylic acids is 1. The van der Waals surface area contributed by atoms with Crippen molar-refractivity contribution < 1.29 is 4.79 Å². The summed E-state index contributed by atoms with van der Waals surface area (Å²) in [6.07, 6.45) is 2.99. The SMILES string of the molecule is Cc1ccc(C)n1NC(=O)c1ccncc1Cl. The molecular weight excluding hydrogens is 238 g/mol. The monoisotopic (exact) mass is 249 g/mol. The number of pyridine rings is 1. The van der Waals surface area contributed by atoms with Crippen molar-refractivity contribution in [1.82, 2.24) is 9.66 Å². The van der Waals surface area contributed by atoms with E-state index < -0.39 is 0 Å². The maximum absolute atomic E-state index is 12.0. The predicted molar refractivity (Wildman–Crippen MR) is 66.8 cm³/mol. The number of hydrogen-bond acceptors (Lipinski definition) is 2. The van der Waals surface area contributed by atoms with Crippen LogP contribution in [0, 0.1) is 13.8 Å². The molecular formula is C12H12ClN3O. The summed E-state index contributed by atoms with van der Waals surface area (Å²) in [7, 11) is 0. The fourth-order valence-corrected chi connectivity index (χ4v) is 1.77. The van der Waals surface area contributed by atoms with Crippen molar-refractivity contribution in [3.05, 3.63) is 52.6 Å². The van der Waals surface area contributed by atoms with Crippen molar-refractivity contribution >= 4 is 17.5 Å². The molecule has 0 spiro atoms. The van der Waals surface area contributed by atoms with Gasteiger partial charge >= 0.3 is 0 Å². The van der Waals surface area contributed by atoms with E-state index in [4.69, 9.17) is 11.6 Å². The van der Waals surface area contributed by atoms with Crippen LogP contribution in [0.25, 0.3) is 0 Å². The van der Waals surface area contributed by atoms with E-state index in [1.54, 1.807) is 10.7 Å². The minimum Gasteiger partial charge on any atom is -0.267 e. The van der Waals surface area contributed by atoms with Crippen molar-refractivity contribution in [2.45, 2.75) is 13.8 Å². The van der Waals surface area contributed by atoms with Gasteiger partial charge in [-0.1, -0.05) is 11.6 Å². The zero-order chi connectivity index (χ0) is 12.4. The Morgan fingerprint density at radius 3 is 2.53 bits per heavy atom. The van der Waals surface area contributed by atoms with Gasteiger partial charge < -0.3 is 0 Å². The second kappa shape index (κ2) is 4.59. The number of hydrogen-bond donors (Lipinski definition) is 1. The Kier molecular flexibility index (Phi) is 3.15. The summed E-state index contributed by atoms with van der Waals surface area (Å²) < 4.78 is 1.72. The smallest absolute Gasteiger partial charge is 0.267 e. The zero-order valence-electron chi connectivity index (χ0n) is 9.57. The maximum Gasteiger partial charge on any atom is 0.271 e. The zero-order valence-corrected chi connectivity index (χ0v) is 10.3. The molecule has 0 unspecified atom stereocenters. The molecule has 1 amide bonds. The lowest BCUT2D eigenvalue weighted by molar-refractivity contribution is 0.101. The summed E-state index contributed by atoms with van der Waals surface area (Å²) in [5.41, 5.74) is 5.11. The Balaban J connectivity index is 2.27. The lowest BCUT2D eigenvalue weighted by Crippen LogP contribution is -2.24. The molecule has 0 aliphatic rings. The standard InChI is InChI=1S/C12H12ClN3O/c1-8-3-4-9(2)16(8)15-12(17)10-5-6-14-7-11(10)13/h3-7H,1-2H3,(H,15,17). The van der Waals surface area contributed by atoms with E-state index in [2.05, 4.69) is 10.4 Å². The van der Waals surface area contributed by atoms with Crippen molar-refractivity contribution in [1.29, 1.82) is 0 Å². The first-order chi connectivity index (χ1) is 8.09. The molecule has 2 heterocycles. The highest BCUT2D eigenvalue weighted by Crippen LogP contribution is 2.14. The molecule has 88 valence electrons. The Morgan fingerprint density at radius 2 is 1.94 bits per heavy atom. The molecule has 0 fully saturated rings. The van der Waals surface area contributed by atoms with Crippen molar-refractivity contribution in [2.75, 3.05) is 5.43 Å². The van der Waals surface area contributed by atoms with Gasteiger partial charge in [0.25, 0.3) is 5.91 Å². The molecule has 0 aliphatic carbocycles. The lowest BCUT2D eigenvalue weighted by Gasteiger charge is -2.11. The molecule has 0 radical (unpaired) electrons. The van der Waals surface area contributed by atoms with Crippen LogP contribution in [0.3, 0.4) is 0 Å². The van der Waals surface area contributed by atoms with Gasteiger partial charge in [0, 0.05) is 23.8 Å². The average Bonchev–Trinajstić information content (AvgIpc) is 2.61. The normalized spacial score (nSPS) is 10.3. The van der Waals surface area contributed by atoms with Crippen LogP contribution in [0.15, 0.2) is 30.6 Å². The lowest BCUT2D eigenvalue weighted by atomic mass is 10.2. The third kappa shape index (κ3) is 2.31. The quantitative estimate of drug-likeness (QED) is 0.889. The van der Waals surface area contributed by atoms with Gasteiger partial charge in [0.05, 0.1) is 10.6 Å². The van der Waals surface area contributed by atoms with E-state index in [1.165, 1.54) is 12.4 Å². The van der Waals surface area contributed by atoms with Crippen LogP contribution in [0.4, 0.5) is 0 Å². The predicted octanol–water partition coefficient (Wildman–Crippen LogP) is 2.54. The third-order valence-electron chi connectivity index (χ3n) is 2.50. The minimum atomic E-state index is -0.250. The van der Waals surface area contributed by atoms with Crippen LogP contribution < -0.4 is 5.43 Å². The molecule has 1 N–H and O–H groups in total. The molecule has 0 aliphatic heterocycles. The van der Waals surface area contributed by atoms with Crippen molar-refractivity contribution in [3.63, 3.8) is 0 Å². The van der Waals surface area contributed by atoms with Crippen molar-refractivity contribution in [3.8, 4) is 0 Å². The van der Waals surface area contributed by atoms with Crippen LogP contribution in [-0.4, -0.2) is 15.6 Å². The third-order valence-corrected chi connectivity index (χ3v) is 2.80. The van der Waals surface area contributed by atoms with Gasteiger partial charge in [0.1, 0.15) is 0 Å². The summed E-state index contributed by atoms with van der Waals surface area (Å²) in [4.78, 5) is 15.8. The second-order valence-electron chi connectivity index (χ2n) is 3.75. The number of carbonyl (C=O) groups is 1. The molecule has 2 aromatic rings. The van der Waals surface area contributed by atoms with Gasteiger partial charge in [0.2, 0.25) is 0 Å². The molecule has 0 atom stereocenters. The van der Waals surface area contributed by atoms with E-state index >= 15 is 0 Å². The van der Waals surface area contributed by atoms with Crippen LogP contribution in [0.5, 0.6) is 0 Å². The van der Waals surface area contributed by atoms with E-state index in [0.29, 0.717) is 10.6 Å². The molecule has 4 nitrogen and oxygen atoms in total. The Hall–Kier alpha value is -1.81. The number of rotatable bonds is 2. The van der Waals surface area contributed by atoms with E-state index in [-0.39, 0.29) is 5.91 Å². The molecule has 2 rings (SSSR count). The van der Waals surface area contributed by atoms with Crippen LogP contribution in [0.2, 0.25) is 5.02 Å². The van der Waals surface area contributed by atoms with Crippen LogP contribution in [0.1, 0.15) is 21.7 Å². The number of halogens is 1. The molecule has 5 heteroatoms. The average molecular weight is 250 g/mol. The highest BCUT2D eigenvalue weighted by Gasteiger charge is 2.11. The summed E-state index contributed by atoms with van der Waals surface area (Å²) in [5.74, 6) is -0.250. The van der Waals surface area contributed by atoms with E-state index in [9.17, 15) is 4.79 Å². The van der Waals surface area contributed by atoms with Gasteiger partial charge in [-0.2, -0.15) is 0 Å². The summed E-state index contributed by atoms with van der Waals surface area (Å²) in [5, 5.41) is 0.340. The molecule has 17 heavy (non-hydrogen) atoms. The van der Waals surface area contributed by atoms with Crippen molar-refractivity contribution in [2.24, 2.45) is 0 Å². The fraction of sp³-hybridized carbons (Fsp3) is 0.167. The number of aryl methyl sites for hydroxylation is 2. The highest BCUT2D eigenvalue weighted by atomic mass is 35.5. The Labute approximate surface area is 104 Å². The topological polar surface area (TPSA) is 46.9 Å². The summed E-state index contributed by atoms with van der Waals surface area (Å²) in [6.45, 7) is 3.84. The summed E-state index contributed by atoms with van der Waals surface area (Å²) >= 11 is 5.91. The molecule has 0 bridgehead atoms. The number of nitrogens with one attached hydrogen (secondary N) is 1. The highest BCUT2D eigenvalue weighted by molar-refractivity contribution is 6.34. The first-order valence-corrected chi connectivity index (χ1v) is 5.53. The first-order valence-electron chi connectivity index (χ1n) is 5.15. The van der Waals surface area contributed by atoms with Gasteiger partial charge in [-0.3, -0.25) is 19.9 Å². The Bertz CT molecular complexity index is 543. The number of aromatic nitrogens is 2. The van der Waals surface area contributed by atoms with Crippen LogP contribution in [-0.2, 0) is 0 Å². The minimum absolute atomic E-state index is 0.250. The van der Waals surface area contributed by atoms with E-state index in [1.807, 2.05) is 26.0 Å². The van der Waals surface area contributed by atoms with Gasteiger partial charge in [-0.05, 0) is 32.0 Å². The number of nitrogens with zero attached hydrogens (tertiary/aromatic N) is 2. The molecule has 0 saturated carbocycles. The Morgan fingerprint density at radius 1 is 1.29 bits per heavy atom. The summed E-state index contributed by atoms with van der Waals surface area (Å²) in [6, 6.07) is 5.46. The van der Waals surface area contributed by atoms with Gasteiger partial charge in [-0.25, -0.2) is 0 Å². The van der Waals surface area contributed by atoms with E-state index in [0.717, 1.165) is 11.4 Å². The largest absolute Gasteiger partial charge is 0.271 e. The first kappa shape index (κ1) is 11.7.